The lowest BCUT2D eigenvalue weighted by molar-refractivity contribution is -0.142. The lowest BCUT2D eigenvalue weighted by atomic mass is 9.80. The number of carbonyl (C=O) groups is 1. The first kappa shape index (κ1) is 13.2. The summed E-state index contributed by atoms with van der Waals surface area (Å²) in [6.45, 7) is 1.75. The number of rotatable bonds is 4. The summed E-state index contributed by atoms with van der Waals surface area (Å²) >= 11 is 3.34. The Hall–Kier alpha value is -0.870. The number of carbonyl (C=O) groups excluding carboxylic acids is 1. The monoisotopic (exact) mass is 286 g/mol. The van der Waals surface area contributed by atoms with E-state index >= 15 is 0 Å². The third-order valence-corrected chi connectivity index (χ3v) is 3.18. The van der Waals surface area contributed by atoms with E-state index in [9.17, 15) is 9.90 Å². The van der Waals surface area contributed by atoms with Crippen molar-refractivity contribution in [3.8, 4) is 0 Å². The van der Waals surface area contributed by atoms with Gasteiger partial charge in [-0.1, -0.05) is 35.0 Å². The van der Waals surface area contributed by atoms with E-state index in [-0.39, 0.29) is 19.0 Å². The van der Waals surface area contributed by atoms with Gasteiger partial charge in [0.2, 0.25) is 0 Å². The van der Waals surface area contributed by atoms with Gasteiger partial charge in [0.25, 0.3) is 0 Å². The van der Waals surface area contributed by atoms with Gasteiger partial charge in [0, 0.05) is 9.89 Å². The molecule has 0 aromatic heterocycles. The summed E-state index contributed by atoms with van der Waals surface area (Å²) in [4.78, 5) is 11.3. The van der Waals surface area contributed by atoms with Gasteiger partial charge in [0.05, 0.1) is 20.1 Å². The fourth-order valence-corrected chi connectivity index (χ4v) is 1.76. The summed E-state index contributed by atoms with van der Waals surface area (Å²) in [5, 5.41) is 9.43. The Bertz CT molecular complexity index is 361. The van der Waals surface area contributed by atoms with Crippen molar-refractivity contribution >= 4 is 21.9 Å². The van der Waals surface area contributed by atoms with Crippen LogP contribution >= 0.6 is 15.9 Å². The van der Waals surface area contributed by atoms with E-state index in [0.717, 1.165) is 10.0 Å². The predicted molar refractivity (Wildman–Crippen MR) is 65.2 cm³/mol. The topological polar surface area (TPSA) is 46.5 Å². The molecule has 0 fully saturated rings. The third kappa shape index (κ3) is 3.06. The zero-order chi connectivity index (χ0) is 12.2. The van der Waals surface area contributed by atoms with Crippen molar-refractivity contribution in [2.75, 3.05) is 13.7 Å². The molecule has 0 aliphatic rings. The number of hydrogen-bond donors (Lipinski definition) is 1. The molecule has 0 radical (unpaired) electrons. The number of halogens is 1. The van der Waals surface area contributed by atoms with E-state index in [0.29, 0.717) is 0 Å². The van der Waals surface area contributed by atoms with Gasteiger partial charge in [-0.15, -0.1) is 0 Å². The summed E-state index contributed by atoms with van der Waals surface area (Å²) in [5.74, 6) is -0.320. The second-order valence-electron chi connectivity index (χ2n) is 3.98. The van der Waals surface area contributed by atoms with Gasteiger partial charge < -0.3 is 9.84 Å². The number of aliphatic hydroxyl groups is 1. The minimum atomic E-state index is -0.589. The van der Waals surface area contributed by atoms with Crippen molar-refractivity contribution < 1.29 is 14.6 Å². The molecule has 16 heavy (non-hydrogen) atoms. The normalized spacial score (nSPS) is 14.2. The first-order valence-corrected chi connectivity index (χ1v) is 5.75. The van der Waals surface area contributed by atoms with E-state index < -0.39 is 5.41 Å². The van der Waals surface area contributed by atoms with Crippen LogP contribution in [0.4, 0.5) is 0 Å². The molecular formula is C12H15BrO3. The fourth-order valence-electron chi connectivity index (χ4n) is 1.49. The highest BCUT2D eigenvalue weighted by molar-refractivity contribution is 9.10. The number of esters is 1. The minimum Gasteiger partial charge on any atom is -0.469 e. The predicted octanol–water partition coefficient (Wildman–Crippen LogP) is 2.26. The molecule has 4 heteroatoms. The summed E-state index contributed by atoms with van der Waals surface area (Å²) in [7, 11) is 1.35. The maximum Gasteiger partial charge on any atom is 0.306 e. The number of aliphatic hydroxyl groups excluding tert-OH is 1. The minimum absolute atomic E-state index is 0.0935. The highest BCUT2D eigenvalue weighted by Crippen LogP contribution is 2.28. The Morgan fingerprint density at radius 2 is 2.00 bits per heavy atom. The molecule has 0 bridgehead atoms. The van der Waals surface area contributed by atoms with Gasteiger partial charge in [0.15, 0.2) is 0 Å². The molecule has 0 aliphatic carbocycles. The molecule has 0 spiro atoms. The molecule has 1 rings (SSSR count). The van der Waals surface area contributed by atoms with Gasteiger partial charge in [-0.2, -0.15) is 0 Å². The molecule has 88 valence electrons. The van der Waals surface area contributed by atoms with E-state index in [4.69, 9.17) is 0 Å². The average molecular weight is 287 g/mol. The Morgan fingerprint density at radius 3 is 2.44 bits per heavy atom. The zero-order valence-electron chi connectivity index (χ0n) is 9.37. The molecule has 1 aromatic carbocycles. The van der Waals surface area contributed by atoms with Crippen LogP contribution in [0.1, 0.15) is 18.9 Å². The van der Waals surface area contributed by atoms with E-state index in [1.165, 1.54) is 7.11 Å². The molecule has 0 amide bonds. The van der Waals surface area contributed by atoms with Crippen LogP contribution in [-0.4, -0.2) is 24.8 Å². The summed E-state index contributed by atoms with van der Waals surface area (Å²) in [6.07, 6.45) is 0.168. The summed E-state index contributed by atoms with van der Waals surface area (Å²) in [6, 6.07) is 7.56. The Labute approximate surface area is 104 Å². The molecule has 1 aromatic rings. The van der Waals surface area contributed by atoms with Crippen LogP contribution in [0.15, 0.2) is 28.7 Å². The molecule has 3 nitrogen and oxygen atoms in total. The highest BCUT2D eigenvalue weighted by atomic mass is 79.9. The average Bonchev–Trinajstić information content (AvgIpc) is 2.29. The SMILES string of the molecule is COC(=O)CC(C)(CO)c1ccc(Br)cc1. The summed E-state index contributed by atoms with van der Waals surface area (Å²) < 4.78 is 5.60. The number of methoxy groups -OCH3 is 1. The van der Waals surface area contributed by atoms with Crippen LogP contribution in [0.25, 0.3) is 0 Å². The Balaban J connectivity index is 2.95. The molecule has 0 aliphatic heterocycles. The lowest BCUT2D eigenvalue weighted by Gasteiger charge is -2.26. The van der Waals surface area contributed by atoms with E-state index in [1.54, 1.807) is 0 Å². The van der Waals surface area contributed by atoms with Crippen LogP contribution in [0, 0.1) is 0 Å². The zero-order valence-corrected chi connectivity index (χ0v) is 11.0. The molecule has 1 unspecified atom stereocenters. The highest BCUT2D eigenvalue weighted by Gasteiger charge is 2.29. The maximum atomic E-state index is 11.3. The Kier molecular flexibility index (Phi) is 4.50. The van der Waals surface area contributed by atoms with Crippen LogP contribution in [0.3, 0.4) is 0 Å². The van der Waals surface area contributed by atoms with Crippen molar-refractivity contribution in [3.63, 3.8) is 0 Å². The molecular weight excluding hydrogens is 272 g/mol. The molecule has 0 heterocycles. The second-order valence-corrected chi connectivity index (χ2v) is 4.89. The first-order valence-electron chi connectivity index (χ1n) is 4.95. The van der Waals surface area contributed by atoms with Crippen LogP contribution < -0.4 is 0 Å². The molecule has 1 atom stereocenters. The second kappa shape index (κ2) is 5.46. The first-order chi connectivity index (χ1) is 7.51. The maximum absolute atomic E-state index is 11.3. The number of ether oxygens (including phenoxy) is 1. The summed E-state index contributed by atoms with van der Waals surface area (Å²) in [5.41, 5.74) is 0.331. The molecule has 0 saturated heterocycles. The van der Waals surface area contributed by atoms with Crippen LogP contribution in [0.2, 0.25) is 0 Å². The molecule has 1 N–H and O–H groups in total. The van der Waals surface area contributed by atoms with Gasteiger partial charge in [-0.25, -0.2) is 0 Å². The Morgan fingerprint density at radius 1 is 1.44 bits per heavy atom. The number of hydrogen-bond acceptors (Lipinski definition) is 3. The quantitative estimate of drug-likeness (QED) is 0.864. The number of benzene rings is 1. The van der Waals surface area contributed by atoms with Crippen molar-refractivity contribution in [2.45, 2.75) is 18.8 Å². The van der Waals surface area contributed by atoms with Gasteiger partial charge in [-0.05, 0) is 17.7 Å². The largest absolute Gasteiger partial charge is 0.469 e. The fraction of sp³-hybridized carbons (Fsp3) is 0.417. The van der Waals surface area contributed by atoms with E-state index in [1.807, 2.05) is 31.2 Å². The van der Waals surface area contributed by atoms with Gasteiger partial charge in [0.1, 0.15) is 0 Å². The van der Waals surface area contributed by atoms with Gasteiger partial charge in [-0.3, -0.25) is 4.79 Å². The third-order valence-electron chi connectivity index (χ3n) is 2.65. The van der Waals surface area contributed by atoms with Crippen LogP contribution in [-0.2, 0) is 14.9 Å². The van der Waals surface area contributed by atoms with Crippen molar-refractivity contribution in [1.82, 2.24) is 0 Å². The van der Waals surface area contributed by atoms with E-state index in [2.05, 4.69) is 20.7 Å². The lowest BCUT2D eigenvalue weighted by Crippen LogP contribution is -2.30. The molecule has 0 saturated carbocycles. The van der Waals surface area contributed by atoms with Crippen molar-refractivity contribution in [2.24, 2.45) is 0 Å². The van der Waals surface area contributed by atoms with Crippen molar-refractivity contribution in [3.05, 3.63) is 34.3 Å². The van der Waals surface area contributed by atoms with Crippen molar-refractivity contribution in [1.29, 1.82) is 0 Å². The van der Waals surface area contributed by atoms with Gasteiger partial charge >= 0.3 is 5.97 Å². The van der Waals surface area contributed by atoms with Crippen LogP contribution in [0.5, 0.6) is 0 Å². The smallest absolute Gasteiger partial charge is 0.306 e. The standard InChI is InChI=1S/C12H15BrO3/c1-12(8-14,7-11(15)16-2)9-3-5-10(13)6-4-9/h3-6,14H,7-8H2,1-2H3.